The first kappa shape index (κ1) is 14.0. The predicted molar refractivity (Wildman–Crippen MR) is 77.0 cm³/mol. The van der Waals surface area contributed by atoms with E-state index < -0.39 is 0 Å². The Bertz CT molecular complexity index is 593. The topological polar surface area (TPSA) is 77.9 Å². The van der Waals surface area contributed by atoms with Crippen molar-refractivity contribution in [3.05, 3.63) is 18.0 Å². The van der Waals surface area contributed by atoms with E-state index in [1.54, 1.807) is 6.33 Å². The first-order valence-electron chi connectivity index (χ1n) is 5.94. The van der Waals surface area contributed by atoms with Gasteiger partial charge in [-0.25, -0.2) is 0 Å². The molecular formula is C12H17AsN5O. The Kier molecular flexibility index (Phi) is 4.55. The molecule has 6 nitrogen and oxygen atoms in total. The maximum atomic E-state index is 8.96. The summed E-state index contributed by atoms with van der Waals surface area (Å²) in [4.78, 5) is 18.1. The number of allylic oxidation sites excluding steroid dienone is 1. The summed E-state index contributed by atoms with van der Waals surface area (Å²) in [5.74, 6) is 0.792. The van der Waals surface area contributed by atoms with Gasteiger partial charge in [-0.2, -0.15) is 0 Å². The van der Waals surface area contributed by atoms with Gasteiger partial charge in [-0.3, -0.25) is 0 Å². The van der Waals surface area contributed by atoms with Gasteiger partial charge in [0.25, 0.3) is 0 Å². The zero-order chi connectivity index (χ0) is 13.8. The van der Waals surface area contributed by atoms with Gasteiger partial charge in [0.2, 0.25) is 0 Å². The van der Waals surface area contributed by atoms with Gasteiger partial charge in [0.15, 0.2) is 0 Å². The molecule has 2 heterocycles. The summed E-state index contributed by atoms with van der Waals surface area (Å²) < 4.78 is 1.05. The van der Waals surface area contributed by atoms with Crippen molar-refractivity contribution >= 4 is 37.3 Å². The van der Waals surface area contributed by atoms with Crippen LogP contribution < -0.4 is 9.38 Å². The molecule has 0 spiro atoms. The number of anilines is 1. The van der Waals surface area contributed by atoms with Crippen LogP contribution in [0.2, 0.25) is 5.21 Å². The SMILES string of the molecule is CC(=CC[As]c1ncnc2nc(N(C)C)[nH]c12)CO. The van der Waals surface area contributed by atoms with E-state index in [1.165, 1.54) is 0 Å². The molecular weight excluding hydrogens is 305 g/mol. The summed E-state index contributed by atoms with van der Waals surface area (Å²) in [7, 11) is 3.87. The number of nitrogens with zero attached hydrogens (tertiary/aromatic N) is 4. The molecule has 0 saturated heterocycles. The molecule has 2 aromatic heterocycles. The van der Waals surface area contributed by atoms with E-state index in [-0.39, 0.29) is 22.4 Å². The van der Waals surface area contributed by atoms with E-state index in [2.05, 4.69) is 26.0 Å². The van der Waals surface area contributed by atoms with Crippen LogP contribution in [0.3, 0.4) is 0 Å². The number of imidazole rings is 1. The molecule has 101 valence electrons. The van der Waals surface area contributed by atoms with Crippen LogP contribution in [-0.2, 0) is 0 Å². The molecule has 0 atom stereocenters. The average Bonchev–Trinajstić information content (AvgIpc) is 2.83. The molecule has 0 fully saturated rings. The molecule has 2 N–H and O–H groups in total. The Hall–Kier alpha value is -1.39. The van der Waals surface area contributed by atoms with Crippen molar-refractivity contribution in [3.63, 3.8) is 0 Å². The van der Waals surface area contributed by atoms with Gasteiger partial charge in [0.05, 0.1) is 0 Å². The summed E-state index contributed by atoms with van der Waals surface area (Å²) in [5.41, 5.74) is 2.65. The zero-order valence-electron chi connectivity index (χ0n) is 11.3. The second-order valence-corrected chi connectivity index (χ2v) is 6.72. The van der Waals surface area contributed by atoms with E-state index in [0.717, 1.165) is 26.7 Å². The van der Waals surface area contributed by atoms with Gasteiger partial charge >= 0.3 is 118 Å². The fourth-order valence-corrected chi connectivity index (χ4v) is 3.63. The fourth-order valence-electron chi connectivity index (χ4n) is 1.49. The second kappa shape index (κ2) is 6.17. The number of aromatic nitrogens is 4. The predicted octanol–water partition coefficient (Wildman–Crippen LogP) is 0.105. The number of fused-ring (bicyclic) bond motifs is 1. The van der Waals surface area contributed by atoms with Crippen molar-refractivity contribution in [2.24, 2.45) is 0 Å². The monoisotopic (exact) mass is 322 g/mol. The van der Waals surface area contributed by atoms with E-state index in [4.69, 9.17) is 5.11 Å². The summed E-state index contributed by atoms with van der Waals surface area (Å²) in [6, 6.07) is 0. The molecule has 1 radical (unpaired) electrons. The van der Waals surface area contributed by atoms with Crippen LogP contribution in [0.1, 0.15) is 6.92 Å². The minimum absolute atomic E-state index is 0.0953. The summed E-state index contributed by atoms with van der Waals surface area (Å²) in [6.45, 7) is 2.05. The van der Waals surface area contributed by atoms with Gasteiger partial charge in [0, 0.05) is 0 Å². The van der Waals surface area contributed by atoms with Crippen LogP contribution in [0, 0.1) is 0 Å². The molecule has 0 aromatic carbocycles. The maximum absolute atomic E-state index is 8.96. The number of hydrogen-bond donors (Lipinski definition) is 2. The average molecular weight is 322 g/mol. The van der Waals surface area contributed by atoms with Crippen LogP contribution in [0.4, 0.5) is 5.95 Å². The Morgan fingerprint density at radius 2 is 2.26 bits per heavy atom. The first-order chi connectivity index (χ1) is 9.11. The summed E-state index contributed by atoms with van der Waals surface area (Å²) in [5, 5.41) is 9.90. The van der Waals surface area contributed by atoms with Gasteiger partial charge in [-0.05, 0) is 0 Å². The van der Waals surface area contributed by atoms with Crippen LogP contribution in [0.5, 0.6) is 0 Å². The van der Waals surface area contributed by atoms with Crippen molar-refractivity contribution in [1.82, 2.24) is 19.9 Å². The third kappa shape index (κ3) is 3.33. The molecule has 2 aromatic rings. The van der Waals surface area contributed by atoms with E-state index in [1.807, 2.05) is 25.9 Å². The number of rotatable bonds is 5. The Labute approximate surface area is 118 Å². The summed E-state index contributed by atoms with van der Waals surface area (Å²) in [6.07, 6.45) is 3.63. The molecule has 19 heavy (non-hydrogen) atoms. The fraction of sp³-hybridized carbons (Fsp3) is 0.417. The molecule has 0 unspecified atom stereocenters. The minimum atomic E-state index is -0.0953. The van der Waals surface area contributed by atoms with E-state index in [0.29, 0.717) is 5.65 Å². The Morgan fingerprint density at radius 3 is 2.95 bits per heavy atom. The van der Waals surface area contributed by atoms with Gasteiger partial charge < -0.3 is 0 Å². The molecule has 0 bridgehead atoms. The molecule has 2 rings (SSSR count). The van der Waals surface area contributed by atoms with Gasteiger partial charge in [-0.15, -0.1) is 0 Å². The van der Waals surface area contributed by atoms with Crippen LogP contribution >= 0.6 is 0 Å². The number of aromatic amines is 1. The molecule has 0 aliphatic carbocycles. The number of aliphatic hydroxyl groups excluding tert-OH is 1. The molecule has 7 heteroatoms. The molecule has 0 aliphatic heterocycles. The van der Waals surface area contributed by atoms with Crippen LogP contribution in [0.25, 0.3) is 11.2 Å². The second-order valence-electron chi connectivity index (χ2n) is 4.40. The summed E-state index contributed by atoms with van der Waals surface area (Å²) >= 11 is -0.0953. The van der Waals surface area contributed by atoms with Crippen molar-refractivity contribution < 1.29 is 5.11 Å². The number of nitrogens with one attached hydrogen (secondary N) is 1. The number of aliphatic hydroxyl groups is 1. The van der Waals surface area contributed by atoms with Crippen LogP contribution in [0.15, 0.2) is 18.0 Å². The normalized spacial score (nSPS) is 12.7. The Balaban J connectivity index is 2.23. The van der Waals surface area contributed by atoms with Crippen molar-refractivity contribution in [2.75, 3.05) is 25.6 Å². The van der Waals surface area contributed by atoms with Crippen molar-refractivity contribution in [2.45, 2.75) is 12.1 Å². The molecule has 0 aliphatic rings. The zero-order valence-corrected chi connectivity index (χ0v) is 13.1. The van der Waals surface area contributed by atoms with Gasteiger partial charge in [0.1, 0.15) is 0 Å². The molecule has 0 amide bonds. The first-order valence-corrected chi connectivity index (χ1v) is 8.20. The number of H-pyrrole nitrogens is 1. The van der Waals surface area contributed by atoms with Crippen molar-refractivity contribution in [1.29, 1.82) is 0 Å². The van der Waals surface area contributed by atoms with Crippen molar-refractivity contribution in [3.8, 4) is 0 Å². The standard InChI is InChI=1S/C12H17AsN5O/c1-8(6-19)4-5-13-10-9-11(15-7-14-10)17-12(16-9)18(2)3/h4,7,19H,5-6H2,1-3H3,(H,14,15,16,17). The van der Waals surface area contributed by atoms with Gasteiger partial charge in [-0.1, -0.05) is 0 Å². The third-order valence-electron chi connectivity index (χ3n) is 2.61. The Morgan fingerprint density at radius 1 is 1.47 bits per heavy atom. The molecule has 0 saturated carbocycles. The quantitative estimate of drug-likeness (QED) is 0.603. The number of hydrogen-bond acceptors (Lipinski definition) is 5. The third-order valence-corrected chi connectivity index (χ3v) is 4.72. The van der Waals surface area contributed by atoms with Crippen LogP contribution in [-0.4, -0.2) is 61.5 Å². The van der Waals surface area contributed by atoms with E-state index in [9.17, 15) is 0 Å². The van der Waals surface area contributed by atoms with E-state index >= 15 is 0 Å².